The second-order valence-corrected chi connectivity index (χ2v) is 4.36. The summed E-state index contributed by atoms with van der Waals surface area (Å²) in [5.41, 5.74) is 0.552. The van der Waals surface area contributed by atoms with Gasteiger partial charge in [-0.2, -0.15) is 0 Å². The van der Waals surface area contributed by atoms with E-state index in [-0.39, 0.29) is 0 Å². The van der Waals surface area contributed by atoms with Crippen molar-refractivity contribution in [2.75, 3.05) is 6.61 Å². The largest absolute Gasteiger partial charge is 0.493 e. The molecule has 5 nitrogen and oxygen atoms in total. The molecule has 6 heteroatoms. The number of carboxylic acids is 1. The normalized spacial score (nSPS) is 17.8. The Balaban J connectivity index is 2.19. The fraction of sp³-hybridized carbons (Fsp3) is 0.385. The van der Waals surface area contributed by atoms with Crippen molar-refractivity contribution in [1.82, 2.24) is 5.32 Å². The third kappa shape index (κ3) is 3.43. The Labute approximate surface area is 109 Å². The van der Waals surface area contributed by atoms with Crippen molar-refractivity contribution >= 4 is 11.9 Å². The molecule has 1 aromatic rings. The summed E-state index contributed by atoms with van der Waals surface area (Å²) in [5, 5.41) is 11.2. The Hall–Kier alpha value is -2.11. The zero-order chi connectivity index (χ0) is 13.8. The summed E-state index contributed by atoms with van der Waals surface area (Å²) in [6, 6.07) is 3.71. The van der Waals surface area contributed by atoms with E-state index < -0.39 is 30.2 Å². The first-order valence-electron chi connectivity index (χ1n) is 5.99. The molecule has 1 aliphatic heterocycles. The lowest BCUT2D eigenvalue weighted by Crippen LogP contribution is -2.30. The third-order valence-corrected chi connectivity index (χ3v) is 2.89. The van der Waals surface area contributed by atoms with Crippen molar-refractivity contribution in [3.05, 3.63) is 29.6 Å². The zero-order valence-corrected chi connectivity index (χ0v) is 10.2. The smallest absolute Gasteiger partial charge is 0.312 e. The molecule has 1 aliphatic rings. The number of carbonyl (C=O) groups is 2. The predicted octanol–water partition coefficient (Wildman–Crippen LogP) is 1.63. The van der Waals surface area contributed by atoms with Crippen LogP contribution in [0.4, 0.5) is 4.39 Å². The summed E-state index contributed by atoms with van der Waals surface area (Å²) < 4.78 is 18.7. The van der Waals surface area contributed by atoms with Gasteiger partial charge < -0.3 is 15.2 Å². The van der Waals surface area contributed by atoms with Crippen molar-refractivity contribution in [2.24, 2.45) is 0 Å². The van der Waals surface area contributed by atoms with Gasteiger partial charge in [0, 0.05) is 5.56 Å². The average Bonchev–Trinajstić information content (AvgIpc) is 2.51. The second kappa shape index (κ2) is 5.69. The van der Waals surface area contributed by atoms with Crippen LogP contribution in [0.25, 0.3) is 0 Å². The molecule has 1 atom stereocenters. The highest BCUT2D eigenvalue weighted by atomic mass is 19.1. The number of ether oxygens (including phenoxy) is 1. The third-order valence-electron chi connectivity index (χ3n) is 2.89. The summed E-state index contributed by atoms with van der Waals surface area (Å²) in [5.74, 6) is -1.67. The maximum Gasteiger partial charge on any atom is 0.312 e. The van der Waals surface area contributed by atoms with Gasteiger partial charge in [-0.1, -0.05) is 0 Å². The molecule has 0 radical (unpaired) electrons. The molecular weight excluding hydrogens is 253 g/mol. The fourth-order valence-electron chi connectivity index (χ4n) is 2.08. The van der Waals surface area contributed by atoms with E-state index in [2.05, 4.69) is 5.32 Å². The molecule has 0 fully saturated rings. The van der Waals surface area contributed by atoms with E-state index in [0.717, 1.165) is 0 Å². The van der Waals surface area contributed by atoms with Crippen molar-refractivity contribution in [3.8, 4) is 5.75 Å². The Morgan fingerprint density at radius 1 is 1.47 bits per heavy atom. The van der Waals surface area contributed by atoms with Gasteiger partial charge in [0.15, 0.2) is 0 Å². The number of hydrogen-bond acceptors (Lipinski definition) is 3. The van der Waals surface area contributed by atoms with Crippen LogP contribution in [0.3, 0.4) is 0 Å². The van der Waals surface area contributed by atoms with Gasteiger partial charge in [0.25, 0.3) is 0 Å². The van der Waals surface area contributed by atoms with E-state index in [1.54, 1.807) is 0 Å². The van der Waals surface area contributed by atoms with Gasteiger partial charge in [-0.15, -0.1) is 0 Å². The number of rotatable bonds is 3. The molecule has 2 N–H and O–H groups in total. The highest BCUT2D eigenvalue weighted by Gasteiger charge is 2.22. The van der Waals surface area contributed by atoms with Crippen LogP contribution in [0, 0.1) is 5.82 Å². The van der Waals surface area contributed by atoms with Gasteiger partial charge in [0.05, 0.1) is 12.6 Å². The molecule has 2 rings (SSSR count). The van der Waals surface area contributed by atoms with Gasteiger partial charge in [-0.05, 0) is 31.0 Å². The summed E-state index contributed by atoms with van der Waals surface area (Å²) in [6.45, 7) is 0.490. The van der Waals surface area contributed by atoms with Crippen LogP contribution >= 0.6 is 0 Å². The number of nitrogens with one attached hydrogen (secondary N) is 1. The van der Waals surface area contributed by atoms with Gasteiger partial charge in [-0.3, -0.25) is 9.59 Å². The van der Waals surface area contributed by atoms with E-state index in [0.29, 0.717) is 30.8 Å². The Morgan fingerprint density at radius 3 is 3.00 bits per heavy atom. The van der Waals surface area contributed by atoms with Crippen molar-refractivity contribution in [3.63, 3.8) is 0 Å². The molecule has 0 aliphatic carbocycles. The Kier molecular flexibility index (Phi) is 3.99. The molecule has 0 saturated heterocycles. The Bertz CT molecular complexity index is 503. The standard InChI is InChI=1S/C13H14FNO4/c14-8-3-4-11-9(6-8)10(2-1-5-19-11)15-12(16)7-13(17)18/h3-4,6,10H,1-2,5,7H2,(H,15,16)(H,17,18). The molecule has 1 unspecified atom stereocenters. The van der Waals surface area contributed by atoms with Crippen LogP contribution in [0.15, 0.2) is 18.2 Å². The molecule has 19 heavy (non-hydrogen) atoms. The number of carbonyl (C=O) groups excluding carboxylic acids is 1. The number of halogens is 1. The molecule has 0 saturated carbocycles. The minimum atomic E-state index is -1.19. The summed E-state index contributed by atoms with van der Waals surface area (Å²) in [6.07, 6.45) is 0.693. The lowest BCUT2D eigenvalue weighted by atomic mass is 10.0. The summed E-state index contributed by atoms with van der Waals surface area (Å²) in [7, 11) is 0. The number of fused-ring (bicyclic) bond motifs is 1. The number of carboxylic acid groups (broad SMARTS) is 1. The van der Waals surface area contributed by atoms with E-state index in [9.17, 15) is 14.0 Å². The van der Waals surface area contributed by atoms with Crippen LogP contribution in [-0.4, -0.2) is 23.6 Å². The van der Waals surface area contributed by atoms with Crippen molar-refractivity contribution in [1.29, 1.82) is 0 Å². The van der Waals surface area contributed by atoms with Gasteiger partial charge >= 0.3 is 5.97 Å². The second-order valence-electron chi connectivity index (χ2n) is 4.36. The van der Waals surface area contributed by atoms with Crippen LogP contribution in [0.5, 0.6) is 5.75 Å². The van der Waals surface area contributed by atoms with E-state index >= 15 is 0 Å². The van der Waals surface area contributed by atoms with E-state index in [1.807, 2.05) is 0 Å². The molecule has 1 heterocycles. The average molecular weight is 267 g/mol. The maximum absolute atomic E-state index is 13.3. The summed E-state index contributed by atoms with van der Waals surface area (Å²) >= 11 is 0. The number of benzene rings is 1. The van der Waals surface area contributed by atoms with Crippen LogP contribution in [-0.2, 0) is 9.59 Å². The molecule has 1 amide bonds. The number of hydrogen-bond donors (Lipinski definition) is 2. The monoisotopic (exact) mass is 267 g/mol. The minimum Gasteiger partial charge on any atom is -0.493 e. The topological polar surface area (TPSA) is 75.6 Å². The predicted molar refractivity (Wildman–Crippen MR) is 64.3 cm³/mol. The lowest BCUT2D eigenvalue weighted by Gasteiger charge is -2.18. The molecule has 0 spiro atoms. The minimum absolute atomic E-state index is 0.415. The van der Waals surface area contributed by atoms with Crippen LogP contribution in [0.1, 0.15) is 30.9 Å². The highest BCUT2D eigenvalue weighted by Crippen LogP contribution is 2.32. The van der Waals surface area contributed by atoms with E-state index in [1.165, 1.54) is 18.2 Å². The van der Waals surface area contributed by atoms with E-state index in [4.69, 9.17) is 9.84 Å². The highest BCUT2D eigenvalue weighted by molar-refractivity contribution is 5.93. The fourth-order valence-corrected chi connectivity index (χ4v) is 2.08. The quantitative estimate of drug-likeness (QED) is 0.816. The van der Waals surface area contributed by atoms with Crippen molar-refractivity contribution in [2.45, 2.75) is 25.3 Å². The molecule has 102 valence electrons. The maximum atomic E-state index is 13.3. The van der Waals surface area contributed by atoms with Gasteiger partial charge in [0.1, 0.15) is 18.0 Å². The zero-order valence-electron chi connectivity index (χ0n) is 10.2. The van der Waals surface area contributed by atoms with Crippen LogP contribution < -0.4 is 10.1 Å². The first-order chi connectivity index (χ1) is 9.06. The molecule has 0 bridgehead atoms. The van der Waals surface area contributed by atoms with Gasteiger partial charge in [-0.25, -0.2) is 4.39 Å². The molecular formula is C13H14FNO4. The first kappa shape index (κ1) is 13.3. The summed E-state index contributed by atoms with van der Waals surface area (Å²) in [4.78, 5) is 22.0. The SMILES string of the molecule is O=C(O)CC(=O)NC1CCCOc2ccc(F)cc21. The number of aliphatic carboxylic acids is 1. The lowest BCUT2D eigenvalue weighted by molar-refractivity contribution is -0.140. The molecule has 1 aromatic carbocycles. The Morgan fingerprint density at radius 2 is 2.26 bits per heavy atom. The number of amides is 1. The molecule has 0 aromatic heterocycles. The van der Waals surface area contributed by atoms with Gasteiger partial charge in [0.2, 0.25) is 5.91 Å². The first-order valence-corrected chi connectivity index (χ1v) is 5.99. The van der Waals surface area contributed by atoms with Crippen LogP contribution in [0.2, 0.25) is 0 Å². The van der Waals surface area contributed by atoms with Crippen molar-refractivity contribution < 1.29 is 23.8 Å².